The molecule has 0 spiro atoms. The molecular weight excluding hydrogens is 400 g/mol. The lowest BCUT2D eigenvalue weighted by molar-refractivity contribution is -0.137. The second kappa shape index (κ2) is 8.30. The molecule has 1 fully saturated rings. The summed E-state index contributed by atoms with van der Waals surface area (Å²) >= 11 is 5.36. The Bertz CT molecular complexity index is 1140. The zero-order valence-electron chi connectivity index (χ0n) is 15.9. The minimum Gasteiger partial charge on any atom is -0.481 e. The van der Waals surface area contributed by atoms with Gasteiger partial charge in [-0.1, -0.05) is 48.5 Å². The number of carbonyl (C=O) groups excluding carboxylic acids is 1. The fourth-order valence-corrected chi connectivity index (χ4v) is 3.49. The molecule has 2 N–H and O–H groups in total. The molecule has 1 aliphatic rings. The number of carbonyl (C=O) groups is 2. The molecule has 30 heavy (non-hydrogen) atoms. The van der Waals surface area contributed by atoms with E-state index in [9.17, 15) is 9.59 Å². The summed E-state index contributed by atoms with van der Waals surface area (Å²) in [5, 5.41) is 16.8. The van der Waals surface area contributed by atoms with E-state index >= 15 is 0 Å². The van der Waals surface area contributed by atoms with Gasteiger partial charge in [-0.2, -0.15) is 5.10 Å². The van der Waals surface area contributed by atoms with E-state index in [1.807, 2.05) is 60.7 Å². The zero-order valence-corrected chi connectivity index (χ0v) is 16.7. The quantitative estimate of drug-likeness (QED) is 0.472. The number of aryl methyl sites for hydroxylation is 1. The summed E-state index contributed by atoms with van der Waals surface area (Å²) in [5.41, 5.74) is 3.24. The Morgan fingerprint density at radius 2 is 1.77 bits per heavy atom. The minimum atomic E-state index is -0.900. The summed E-state index contributed by atoms with van der Waals surface area (Å²) in [6, 6.07) is 18.7. The molecule has 3 aromatic rings. The number of aromatic nitrogens is 2. The van der Waals surface area contributed by atoms with Crippen molar-refractivity contribution in [2.75, 3.05) is 4.90 Å². The maximum Gasteiger partial charge on any atom is 0.305 e. The number of hydrogen-bond acceptors (Lipinski definition) is 4. The second-order valence-corrected chi connectivity index (χ2v) is 7.06. The number of nitrogens with one attached hydrogen (secondary N) is 1. The summed E-state index contributed by atoms with van der Waals surface area (Å²) in [6.07, 6.45) is 3.39. The first kappa shape index (κ1) is 19.5. The lowest BCUT2D eigenvalue weighted by Crippen LogP contribution is -2.30. The molecule has 8 heteroatoms. The van der Waals surface area contributed by atoms with E-state index in [-0.39, 0.29) is 18.9 Å². The lowest BCUT2D eigenvalue weighted by atomic mass is 10.1. The van der Waals surface area contributed by atoms with Crippen LogP contribution in [0.1, 0.15) is 12.0 Å². The number of aliphatic carboxylic acids is 1. The third-order valence-electron chi connectivity index (χ3n) is 4.58. The van der Waals surface area contributed by atoms with Crippen LogP contribution < -0.4 is 10.2 Å². The standard InChI is InChI=1S/C22H18N4O3S/c27-19(28)11-12-25-14-16(20(24-25)15-7-3-1-4-8-15)13-18-21(29)26(22(30)23-18)17-9-5-2-6-10-17/h1-10,13-14H,11-12H2,(H,23,30)(H,27,28)/b18-13-. The van der Waals surface area contributed by atoms with Gasteiger partial charge in [0.1, 0.15) is 5.70 Å². The third-order valence-corrected chi connectivity index (χ3v) is 4.87. The average molecular weight is 418 g/mol. The van der Waals surface area contributed by atoms with Gasteiger partial charge in [0.15, 0.2) is 5.11 Å². The highest BCUT2D eigenvalue weighted by Crippen LogP contribution is 2.27. The molecule has 0 saturated carbocycles. The summed E-state index contributed by atoms with van der Waals surface area (Å²) in [6.45, 7) is 0.230. The molecule has 7 nitrogen and oxygen atoms in total. The molecule has 1 aliphatic heterocycles. The van der Waals surface area contributed by atoms with E-state index in [1.54, 1.807) is 17.0 Å². The molecule has 1 aromatic heterocycles. The van der Waals surface area contributed by atoms with Crippen molar-refractivity contribution >= 4 is 41.0 Å². The van der Waals surface area contributed by atoms with E-state index < -0.39 is 5.97 Å². The molecular formula is C22H18N4O3S. The molecule has 2 heterocycles. The number of rotatable bonds is 6. The van der Waals surface area contributed by atoms with Gasteiger partial charge < -0.3 is 10.4 Å². The number of thiocarbonyl (C=S) groups is 1. The van der Waals surface area contributed by atoms with Crippen molar-refractivity contribution in [3.05, 3.63) is 78.1 Å². The monoisotopic (exact) mass is 418 g/mol. The van der Waals surface area contributed by atoms with Crippen LogP contribution >= 0.6 is 12.2 Å². The third kappa shape index (κ3) is 3.99. The van der Waals surface area contributed by atoms with Gasteiger partial charge in [-0.05, 0) is 30.4 Å². The van der Waals surface area contributed by atoms with Crippen molar-refractivity contribution in [1.29, 1.82) is 0 Å². The van der Waals surface area contributed by atoms with Crippen LogP contribution in [0.3, 0.4) is 0 Å². The molecule has 0 aliphatic carbocycles. The van der Waals surface area contributed by atoms with Crippen LogP contribution in [0.15, 0.2) is 72.6 Å². The van der Waals surface area contributed by atoms with Crippen LogP contribution in [0.4, 0.5) is 5.69 Å². The first-order valence-electron chi connectivity index (χ1n) is 9.30. The number of anilines is 1. The van der Waals surface area contributed by atoms with Gasteiger partial charge in [0.2, 0.25) is 0 Å². The van der Waals surface area contributed by atoms with Gasteiger partial charge >= 0.3 is 5.97 Å². The smallest absolute Gasteiger partial charge is 0.305 e. The van der Waals surface area contributed by atoms with Crippen molar-refractivity contribution in [3.8, 4) is 11.3 Å². The topological polar surface area (TPSA) is 87.5 Å². The Kier molecular flexibility index (Phi) is 5.40. The maximum atomic E-state index is 13.0. The number of carboxylic acid groups (broad SMARTS) is 1. The number of nitrogens with zero attached hydrogens (tertiary/aromatic N) is 3. The SMILES string of the molecule is O=C(O)CCn1cc(/C=C2\NC(=S)N(c3ccccc3)C2=O)c(-c2ccccc2)n1. The highest BCUT2D eigenvalue weighted by molar-refractivity contribution is 7.80. The number of amides is 1. The predicted molar refractivity (Wildman–Crippen MR) is 118 cm³/mol. The van der Waals surface area contributed by atoms with Crippen molar-refractivity contribution in [1.82, 2.24) is 15.1 Å². The van der Waals surface area contributed by atoms with Gasteiger partial charge in [0, 0.05) is 17.3 Å². The Hall–Kier alpha value is -3.78. The Balaban J connectivity index is 1.71. The van der Waals surface area contributed by atoms with Gasteiger partial charge in [-0.3, -0.25) is 19.2 Å². The first-order chi connectivity index (χ1) is 14.5. The fraction of sp³-hybridized carbons (Fsp3) is 0.0909. The largest absolute Gasteiger partial charge is 0.481 e. The molecule has 2 aromatic carbocycles. The van der Waals surface area contributed by atoms with Gasteiger partial charge in [-0.15, -0.1) is 0 Å². The van der Waals surface area contributed by atoms with Crippen molar-refractivity contribution in [3.63, 3.8) is 0 Å². The fourth-order valence-electron chi connectivity index (χ4n) is 3.19. The molecule has 0 atom stereocenters. The number of para-hydroxylation sites is 1. The van der Waals surface area contributed by atoms with Crippen LogP contribution in [-0.4, -0.2) is 31.9 Å². The minimum absolute atomic E-state index is 0.0467. The molecule has 0 bridgehead atoms. The van der Waals surface area contributed by atoms with Crippen LogP contribution in [0.5, 0.6) is 0 Å². The Morgan fingerprint density at radius 1 is 1.10 bits per heavy atom. The summed E-state index contributed by atoms with van der Waals surface area (Å²) in [4.78, 5) is 25.4. The average Bonchev–Trinajstić information content (AvgIpc) is 3.28. The normalized spacial score (nSPS) is 14.9. The van der Waals surface area contributed by atoms with E-state index in [0.717, 1.165) is 5.56 Å². The van der Waals surface area contributed by atoms with Crippen molar-refractivity contribution < 1.29 is 14.7 Å². The van der Waals surface area contributed by atoms with Crippen LogP contribution in [0.25, 0.3) is 17.3 Å². The Morgan fingerprint density at radius 3 is 2.43 bits per heavy atom. The second-order valence-electron chi connectivity index (χ2n) is 6.67. The summed E-state index contributed by atoms with van der Waals surface area (Å²) in [7, 11) is 0. The van der Waals surface area contributed by atoms with E-state index in [4.69, 9.17) is 17.3 Å². The van der Waals surface area contributed by atoms with E-state index in [0.29, 0.717) is 27.8 Å². The highest BCUT2D eigenvalue weighted by Gasteiger charge is 2.32. The van der Waals surface area contributed by atoms with Gasteiger partial charge in [-0.25, -0.2) is 0 Å². The van der Waals surface area contributed by atoms with E-state index in [2.05, 4.69) is 10.4 Å². The van der Waals surface area contributed by atoms with Crippen LogP contribution in [0.2, 0.25) is 0 Å². The molecule has 1 amide bonds. The van der Waals surface area contributed by atoms with Crippen molar-refractivity contribution in [2.45, 2.75) is 13.0 Å². The molecule has 4 rings (SSSR count). The molecule has 150 valence electrons. The number of hydrogen-bond donors (Lipinski definition) is 2. The summed E-state index contributed by atoms with van der Waals surface area (Å²) in [5.74, 6) is -1.16. The zero-order chi connectivity index (χ0) is 21.1. The maximum absolute atomic E-state index is 13.0. The Labute approximate surface area is 178 Å². The first-order valence-corrected chi connectivity index (χ1v) is 9.70. The molecule has 0 radical (unpaired) electrons. The van der Waals surface area contributed by atoms with E-state index in [1.165, 1.54) is 4.90 Å². The number of carboxylic acids is 1. The summed E-state index contributed by atoms with van der Waals surface area (Å²) < 4.78 is 1.58. The predicted octanol–water partition coefficient (Wildman–Crippen LogP) is 3.29. The van der Waals surface area contributed by atoms with Crippen LogP contribution in [-0.2, 0) is 16.1 Å². The molecule has 1 saturated heterocycles. The lowest BCUT2D eigenvalue weighted by Gasteiger charge is -2.13. The van der Waals surface area contributed by atoms with Gasteiger partial charge in [0.05, 0.1) is 24.3 Å². The molecule has 0 unspecified atom stereocenters. The highest BCUT2D eigenvalue weighted by atomic mass is 32.1. The van der Waals surface area contributed by atoms with Crippen LogP contribution in [0, 0.1) is 0 Å². The van der Waals surface area contributed by atoms with Gasteiger partial charge in [0.25, 0.3) is 5.91 Å². The number of benzene rings is 2. The van der Waals surface area contributed by atoms with Crippen molar-refractivity contribution in [2.24, 2.45) is 0 Å².